The molecule has 0 aliphatic heterocycles. The summed E-state index contributed by atoms with van der Waals surface area (Å²) in [5, 5.41) is 11.8. The third-order valence-corrected chi connectivity index (χ3v) is 7.10. The van der Waals surface area contributed by atoms with Gasteiger partial charge < -0.3 is 5.32 Å². The molecule has 0 spiro atoms. The van der Waals surface area contributed by atoms with Crippen LogP contribution in [0.3, 0.4) is 0 Å². The molecule has 2 atom stereocenters. The van der Waals surface area contributed by atoms with Crippen LogP contribution in [-0.2, 0) is 11.2 Å². The Bertz CT molecular complexity index is 677. The predicted octanol–water partition coefficient (Wildman–Crippen LogP) is 4.82. The number of nitrogens with one attached hydrogen (secondary N) is 1. The van der Waals surface area contributed by atoms with Crippen molar-refractivity contribution in [2.45, 2.75) is 55.7 Å². The quantitative estimate of drug-likeness (QED) is 0.754. The van der Waals surface area contributed by atoms with Gasteiger partial charge in [0.1, 0.15) is 0 Å². The van der Waals surface area contributed by atoms with Crippen molar-refractivity contribution in [2.75, 3.05) is 5.32 Å². The molecule has 4 bridgehead atoms. The summed E-state index contributed by atoms with van der Waals surface area (Å²) in [6, 6.07) is 9.77. The maximum Gasteiger partial charge on any atom is 0.224 e. The highest BCUT2D eigenvalue weighted by Gasteiger charge is 2.57. The Kier molecular flexibility index (Phi) is 3.95. The van der Waals surface area contributed by atoms with Gasteiger partial charge in [-0.3, -0.25) is 4.79 Å². The fourth-order valence-electron chi connectivity index (χ4n) is 5.89. The fraction of sp³-hybridized carbons (Fsp3) is 0.600. The van der Waals surface area contributed by atoms with Crippen LogP contribution in [0.2, 0.25) is 0 Å². The molecule has 5 rings (SSSR count). The van der Waals surface area contributed by atoms with Gasteiger partial charge in [0, 0.05) is 16.4 Å². The van der Waals surface area contributed by atoms with Gasteiger partial charge >= 0.3 is 0 Å². The summed E-state index contributed by atoms with van der Waals surface area (Å²) in [5.41, 5.74) is 2.02. The molecular weight excluding hydrogens is 364 g/mol. The van der Waals surface area contributed by atoms with E-state index in [0.29, 0.717) is 17.2 Å². The van der Waals surface area contributed by atoms with Gasteiger partial charge in [-0.25, -0.2) is 0 Å². The summed E-state index contributed by atoms with van der Waals surface area (Å²) in [6.07, 6.45) is 8.64. The van der Waals surface area contributed by atoms with Gasteiger partial charge in [-0.05, 0) is 73.5 Å². The number of carbonyl (C=O) groups excluding carboxylic acids is 1. The summed E-state index contributed by atoms with van der Waals surface area (Å²) in [6.45, 7) is 0. The summed E-state index contributed by atoms with van der Waals surface area (Å²) in [7, 11) is 0. The number of hydrogen-bond acceptors (Lipinski definition) is 2. The number of nitrogens with zero attached hydrogens (tertiary/aromatic N) is 1. The first-order chi connectivity index (χ1) is 11.5. The Hall–Kier alpha value is -1.34. The van der Waals surface area contributed by atoms with Gasteiger partial charge in [-0.1, -0.05) is 28.1 Å². The number of nitriles is 1. The zero-order valence-corrected chi connectivity index (χ0v) is 15.4. The van der Waals surface area contributed by atoms with Crippen LogP contribution in [0.5, 0.6) is 0 Å². The molecule has 1 N–H and O–H groups in total. The highest BCUT2D eigenvalue weighted by molar-refractivity contribution is 9.10. The molecule has 4 aliphatic rings. The molecule has 24 heavy (non-hydrogen) atoms. The van der Waals surface area contributed by atoms with Gasteiger partial charge in [-0.15, -0.1) is 0 Å². The second kappa shape index (κ2) is 5.88. The average Bonchev–Trinajstić information content (AvgIpc) is 2.46. The summed E-state index contributed by atoms with van der Waals surface area (Å²) in [4.78, 5) is 12.6. The number of alkyl halides is 1. The van der Waals surface area contributed by atoms with Crippen molar-refractivity contribution in [2.24, 2.45) is 17.3 Å². The van der Waals surface area contributed by atoms with Crippen LogP contribution in [0.25, 0.3) is 0 Å². The number of carbonyl (C=O) groups is 1. The SMILES string of the molecule is N#CCc1ccc(NC(=O)CC23CC4CC(CC(Br)(C4)C2)C3)cc1. The minimum Gasteiger partial charge on any atom is -0.326 e. The minimum absolute atomic E-state index is 0.140. The van der Waals surface area contributed by atoms with Crippen molar-refractivity contribution in [1.82, 2.24) is 0 Å². The highest BCUT2D eigenvalue weighted by Crippen LogP contribution is 2.65. The smallest absolute Gasteiger partial charge is 0.224 e. The van der Waals surface area contributed by atoms with E-state index >= 15 is 0 Å². The second-order valence-electron chi connectivity index (χ2n) is 8.37. The molecule has 3 nitrogen and oxygen atoms in total. The predicted molar refractivity (Wildman–Crippen MR) is 97.8 cm³/mol. The lowest BCUT2D eigenvalue weighted by molar-refractivity contribution is -0.123. The molecule has 126 valence electrons. The largest absolute Gasteiger partial charge is 0.326 e. The summed E-state index contributed by atoms with van der Waals surface area (Å²) < 4.78 is 0.302. The minimum atomic E-state index is 0.140. The first-order valence-electron chi connectivity index (χ1n) is 8.92. The van der Waals surface area contributed by atoms with E-state index in [1.54, 1.807) is 0 Å². The van der Waals surface area contributed by atoms with E-state index in [9.17, 15) is 4.79 Å². The Morgan fingerprint density at radius 1 is 1.21 bits per heavy atom. The monoisotopic (exact) mass is 386 g/mol. The molecule has 4 heteroatoms. The van der Waals surface area contributed by atoms with Crippen molar-refractivity contribution in [3.05, 3.63) is 29.8 Å². The van der Waals surface area contributed by atoms with Gasteiger partial charge in [-0.2, -0.15) is 5.26 Å². The molecular formula is C20H23BrN2O. The zero-order valence-electron chi connectivity index (χ0n) is 13.9. The van der Waals surface area contributed by atoms with E-state index in [4.69, 9.17) is 5.26 Å². The van der Waals surface area contributed by atoms with Crippen molar-refractivity contribution < 1.29 is 4.79 Å². The molecule has 0 aromatic heterocycles. The zero-order chi connectivity index (χ0) is 16.8. The molecule has 1 aromatic carbocycles. The maximum absolute atomic E-state index is 12.6. The fourth-order valence-corrected chi connectivity index (χ4v) is 7.40. The van der Waals surface area contributed by atoms with E-state index in [0.717, 1.165) is 29.5 Å². The lowest BCUT2D eigenvalue weighted by atomic mass is 9.48. The van der Waals surface area contributed by atoms with Crippen LogP contribution >= 0.6 is 15.9 Å². The normalized spacial score (nSPS) is 36.3. The molecule has 0 heterocycles. The van der Waals surface area contributed by atoms with Crippen molar-refractivity contribution >= 4 is 27.5 Å². The number of halogens is 1. The van der Waals surface area contributed by atoms with E-state index in [2.05, 4.69) is 27.3 Å². The molecule has 4 saturated carbocycles. The number of hydrogen-bond donors (Lipinski definition) is 1. The van der Waals surface area contributed by atoms with Gasteiger partial charge in [0.2, 0.25) is 5.91 Å². The van der Waals surface area contributed by atoms with E-state index in [1.165, 1.54) is 32.1 Å². The third kappa shape index (κ3) is 3.11. The maximum atomic E-state index is 12.6. The lowest BCUT2D eigenvalue weighted by Crippen LogP contribution is -2.53. The molecule has 0 saturated heterocycles. The summed E-state index contributed by atoms with van der Waals surface area (Å²) in [5.74, 6) is 1.76. The average molecular weight is 387 g/mol. The van der Waals surface area contributed by atoms with E-state index < -0.39 is 0 Å². The van der Waals surface area contributed by atoms with Crippen LogP contribution < -0.4 is 5.32 Å². The van der Waals surface area contributed by atoms with Crippen LogP contribution in [0.4, 0.5) is 5.69 Å². The highest BCUT2D eigenvalue weighted by atomic mass is 79.9. The Balaban J connectivity index is 1.42. The standard InChI is InChI=1S/C20H23BrN2O/c21-20-10-15-7-16(11-20)9-19(8-15,13-20)12-18(24)23-17-3-1-14(2-4-17)5-6-22/h1-4,15-16H,5,7-13H2,(H,23,24). The van der Waals surface area contributed by atoms with E-state index in [1.807, 2.05) is 24.3 Å². The van der Waals surface area contributed by atoms with E-state index in [-0.39, 0.29) is 11.3 Å². The van der Waals surface area contributed by atoms with Crippen LogP contribution in [0.15, 0.2) is 24.3 Å². The first-order valence-corrected chi connectivity index (χ1v) is 9.72. The molecule has 4 aliphatic carbocycles. The first kappa shape index (κ1) is 16.1. The number of rotatable bonds is 4. The van der Waals surface area contributed by atoms with Crippen LogP contribution in [0, 0.1) is 28.6 Å². The number of benzene rings is 1. The van der Waals surface area contributed by atoms with Gasteiger partial charge in [0.25, 0.3) is 0 Å². The van der Waals surface area contributed by atoms with Crippen LogP contribution in [-0.4, -0.2) is 10.2 Å². The number of anilines is 1. The molecule has 1 aromatic rings. The van der Waals surface area contributed by atoms with Crippen molar-refractivity contribution in [3.63, 3.8) is 0 Å². The lowest BCUT2D eigenvalue weighted by Gasteiger charge is -2.60. The summed E-state index contributed by atoms with van der Waals surface area (Å²) >= 11 is 4.01. The Morgan fingerprint density at radius 2 is 1.88 bits per heavy atom. The second-order valence-corrected chi connectivity index (χ2v) is 10.1. The molecule has 2 unspecified atom stereocenters. The topological polar surface area (TPSA) is 52.9 Å². The van der Waals surface area contributed by atoms with Crippen LogP contribution in [0.1, 0.15) is 50.5 Å². The molecule has 0 radical (unpaired) electrons. The van der Waals surface area contributed by atoms with Gasteiger partial charge in [0.05, 0.1) is 12.5 Å². The molecule has 1 amide bonds. The van der Waals surface area contributed by atoms with Crippen molar-refractivity contribution in [1.29, 1.82) is 5.26 Å². The molecule has 4 fully saturated rings. The van der Waals surface area contributed by atoms with Crippen molar-refractivity contribution in [3.8, 4) is 6.07 Å². The third-order valence-electron chi connectivity index (χ3n) is 6.17. The van der Waals surface area contributed by atoms with Gasteiger partial charge in [0.15, 0.2) is 0 Å². The number of amides is 1. The Morgan fingerprint density at radius 3 is 2.46 bits per heavy atom. The Labute approximate surface area is 151 Å².